The van der Waals surface area contributed by atoms with Crippen LogP contribution in [0, 0.1) is 0 Å². The quantitative estimate of drug-likeness (QED) is 0.340. The number of aromatic nitrogens is 4. The van der Waals surface area contributed by atoms with Crippen LogP contribution in [-0.4, -0.2) is 58.4 Å². The zero-order chi connectivity index (χ0) is 27.2. The molecule has 4 aromatic rings. The number of carbonyl (C=O) groups excluding carboxylic acids is 1. The number of benzene rings is 1. The zero-order valence-electron chi connectivity index (χ0n) is 20.6. The molecule has 12 heteroatoms. The van der Waals surface area contributed by atoms with Gasteiger partial charge in [0.15, 0.2) is 5.65 Å². The van der Waals surface area contributed by atoms with Crippen LogP contribution < -0.4 is 4.74 Å². The highest BCUT2D eigenvalue weighted by Gasteiger charge is 2.52. The molecular formula is C27H23F2N5O5. The molecule has 2 aliphatic carbocycles. The van der Waals surface area contributed by atoms with Crippen molar-refractivity contribution in [1.82, 2.24) is 24.5 Å². The number of hydrogen-bond acceptors (Lipinski definition) is 8. The summed E-state index contributed by atoms with van der Waals surface area (Å²) < 4.78 is 33.0. The van der Waals surface area contributed by atoms with Gasteiger partial charge in [0.25, 0.3) is 5.91 Å². The number of amides is 1. The molecule has 1 amide bonds. The third-order valence-corrected chi connectivity index (χ3v) is 8.00. The second kappa shape index (κ2) is 8.25. The molecule has 4 heterocycles. The first kappa shape index (κ1) is 24.1. The van der Waals surface area contributed by atoms with Crippen LogP contribution in [0.25, 0.3) is 16.9 Å². The number of rotatable bonds is 4. The van der Waals surface area contributed by atoms with Crippen molar-refractivity contribution in [3.05, 3.63) is 76.4 Å². The van der Waals surface area contributed by atoms with Gasteiger partial charge in [0.05, 0.1) is 17.4 Å². The van der Waals surface area contributed by atoms with Gasteiger partial charge in [-0.25, -0.2) is 9.50 Å². The van der Waals surface area contributed by atoms with Crippen molar-refractivity contribution in [2.24, 2.45) is 0 Å². The molecule has 200 valence electrons. The maximum absolute atomic E-state index is 13.4. The highest BCUT2D eigenvalue weighted by atomic mass is 19.3. The number of ether oxygens (including phenoxy) is 1. The van der Waals surface area contributed by atoms with Gasteiger partial charge in [0.2, 0.25) is 0 Å². The summed E-state index contributed by atoms with van der Waals surface area (Å²) in [5.41, 5.74) is 4.97. The zero-order valence-corrected chi connectivity index (χ0v) is 20.6. The minimum absolute atomic E-state index is 0.0458. The minimum atomic E-state index is -3.53. The van der Waals surface area contributed by atoms with E-state index in [4.69, 9.17) is 9.72 Å². The van der Waals surface area contributed by atoms with E-state index in [1.54, 1.807) is 18.5 Å². The van der Waals surface area contributed by atoms with Gasteiger partial charge in [-0.05, 0) is 55.0 Å². The smallest absolute Gasteiger partial charge is 0.387 e. The Labute approximate surface area is 220 Å². The second-order valence-corrected chi connectivity index (χ2v) is 10.3. The Morgan fingerprint density at radius 1 is 1.15 bits per heavy atom. The van der Waals surface area contributed by atoms with Crippen LogP contribution in [0.2, 0.25) is 0 Å². The van der Waals surface area contributed by atoms with Crippen LogP contribution in [0.1, 0.15) is 76.1 Å². The van der Waals surface area contributed by atoms with Gasteiger partial charge in [0, 0.05) is 46.3 Å². The van der Waals surface area contributed by atoms with Crippen LogP contribution in [0.15, 0.2) is 42.7 Å². The van der Waals surface area contributed by atoms with E-state index in [1.165, 1.54) is 28.3 Å². The number of nitrogens with zero attached hydrogens (tertiary/aromatic N) is 5. The highest BCUT2D eigenvalue weighted by molar-refractivity contribution is 5.98. The van der Waals surface area contributed by atoms with Crippen molar-refractivity contribution in [1.29, 1.82) is 0 Å². The Bertz CT molecular complexity index is 1670. The Kier molecular flexibility index (Phi) is 5.09. The van der Waals surface area contributed by atoms with Crippen molar-refractivity contribution in [3.8, 4) is 17.0 Å². The first-order chi connectivity index (χ1) is 18.6. The SMILES string of the molecule is CC1CCc2cc(-c3ccn4nc5c(c4n3)C3CC5N(C(O)(O)O)C(=O)c4cccc(OC(F)F)c43)cnc21. The fraction of sp³-hybridized carbons (Fsp3) is 0.333. The lowest BCUT2D eigenvalue weighted by Crippen LogP contribution is -2.53. The highest BCUT2D eigenvalue weighted by Crippen LogP contribution is 2.54. The van der Waals surface area contributed by atoms with Gasteiger partial charge in [-0.15, -0.1) is 0 Å². The molecule has 3 aromatic heterocycles. The number of pyridine rings is 1. The summed E-state index contributed by atoms with van der Waals surface area (Å²) in [5.74, 6) is -1.48. The fourth-order valence-electron chi connectivity index (χ4n) is 6.37. The summed E-state index contributed by atoms with van der Waals surface area (Å²) >= 11 is 0. The van der Waals surface area contributed by atoms with Crippen LogP contribution in [-0.2, 0) is 6.42 Å². The average Bonchev–Trinajstić information content (AvgIpc) is 3.52. The van der Waals surface area contributed by atoms with E-state index in [2.05, 4.69) is 23.1 Å². The Morgan fingerprint density at radius 2 is 1.97 bits per heavy atom. The number of aliphatic hydroxyl groups is 3. The Morgan fingerprint density at radius 3 is 2.74 bits per heavy atom. The van der Waals surface area contributed by atoms with Crippen LogP contribution in [0.4, 0.5) is 8.78 Å². The predicted molar refractivity (Wildman–Crippen MR) is 131 cm³/mol. The van der Waals surface area contributed by atoms with Gasteiger partial charge in [-0.3, -0.25) is 14.7 Å². The third-order valence-electron chi connectivity index (χ3n) is 8.00. The predicted octanol–water partition coefficient (Wildman–Crippen LogP) is 3.06. The molecule has 39 heavy (non-hydrogen) atoms. The van der Waals surface area contributed by atoms with E-state index in [0.29, 0.717) is 27.7 Å². The summed E-state index contributed by atoms with van der Waals surface area (Å²) in [6.07, 6.45) is 1.96. The lowest BCUT2D eigenvalue weighted by atomic mass is 9.89. The topological polar surface area (TPSA) is 133 Å². The molecule has 2 bridgehead atoms. The Balaban J connectivity index is 1.44. The van der Waals surface area contributed by atoms with Crippen molar-refractivity contribution >= 4 is 11.6 Å². The maximum atomic E-state index is 13.4. The molecule has 0 fully saturated rings. The van der Waals surface area contributed by atoms with E-state index >= 15 is 0 Å². The molecular weight excluding hydrogens is 512 g/mol. The van der Waals surface area contributed by atoms with E-state index in [-0.39, 0.29) is 29.0 Å². The average molecular weight is 536 g/mol. The minimum Gasteiger partial charge on any atom is -0.434 e. The molecule has 0 spiro atoms. The Hall–Kier alpha value is -4.00. The van der Waals surface area contributed by atoms with Crippen molar-refractivity contribution in [3.63, 3.8) is 0 Å². The summed E-state index contributed by atoms with van der Waals surface area (Å²) in [4.78, 5) is 23.5. The van der Waals surface area contributed by atoms with Gasteiger partial charge in [0.1, 0.15) is 5.75 Å². The number of hydrogen-bond donors (Lipinski definition) is 3. The van der Waals surface area contributed by atoms with Gasteiger partial charge < -0.3 is 20.1 Å². The third kappa shape index (κ3) is 3.55. The number of halogens is 2. The lowest BCUT2D eigenvalue weighted by molar-refractivity contribution is -0.385. The molecule has 3 N–H and O–H groups in total. The monoisotopic (exact) mass is 535 g/mol. The van der Waals surface area contributed by atoms with Gasteiger partial charge >= 0.3 is 12.7 Å². The standard InChI is InChI=1S/C27H23F2N5O5/c1-12-5-6-13-9-14(11-30-22(12)13)17-7-8-33-24(31-17)21-16-10-18(23(21)32-33)34(27(36,37)38)25(35)15-3-2-4-19(20(15)16)39-26(28)29/h2-4,7-9,11-12,16,18,26,36-38H,5-6,10H2,1H3. The van der Waals surface area contributed by atoms with Gasteiger partial charge in [-0.1, -0.05) is 13.0 Å². The van der Waals surface area contributed by atoms with Crippen molar-refractivity contribution < 1.29 is 33.6 Å². The molecule has 1 aromatic carbocycles. The number of alkyl halides is 2. The largest absolute Gasteiger partial charge is 0.434 e. The summed E-state index contributed by atoms with van der Waals surface area (Å²) in [6, 6.07) is 6.83. The summed E-state index contributed by atoms with van der Waals surface area (Å²) in [5, 5.41) is 35.1. The summed E-state index contributed by atoms with van der Waals surface area (Å²) in [7, 11) is 0. The molecule has 0 saturated heterocycles. The summed E-state index contributed by atoms with van der Waals surface area (Å²) in [6.45, 7) is -1.00. The lowest BCUT2D eigenvalue weighted by Gasteiger charge is -2.34. The van der Waals surface area contributed by atoms with Crippen LogP contribution >= 0.6 is 0 Å². The molecule has 3 aliphatic rings. The molecule has 10 nitrogen and oxygen atoms in total. The molecule has 1 aliphatic heterocycles. The molecule has 0 saturated carbocycles. The fourth-order valence-corrected chi connectivity index (χ4v) is 6.37. The van der Waals surface area contributed by atoms with Crippen LogP contribution in [0.3, 0.4) is 0 Å². The van der Waals surface area contributed by atoms with E-state index in [9.17, 15) is 28.9 Å². The van der Waals surface area contributed by atoms with Gasteiger partial charge in [-0.2, -0.15) is 13.9 Å². The molecule has 3 unspecified atom stereocenters. The first-order valence-electron chi connectivity index (χ1n) is 12.6. The molecule has 7 rings (SSSR count). The number of fused-ring (bicyclic) bond motifs is 10. The second-order valence-electron chi connectivity index (χ2n) is 10.3. The normalized spacial score (nSPS) is 21.8. The number of aryl methyl sites for hydroxylation is 1. The van der Waals surface area contributed by atoms with Crippen molar-refractivity contribution in [2.75, 3.05) is 0 Å². The van der Waals surface area contributed by atoms with E-state index in [1.807, 2.05) is 0 Å². The molecule has 0 radical (unpaired) electrons. The maximum Gasteiger partial charge on any atom is 0.387 e. The van der Waals surface area contributed by atoms with E-state index < -0.39 is 30.6 Å². The molecule has 3 atom stereocenters. The van der Waals surface area contributed by atoms with Crippen molar-refractivity contribution in [2.45, 2.75) is 56.8 Å². The van der Waals surface area contributed by atoms with Crippen LogP contribution in [0.5, 0.6) is 5.75 Å². The van der Waals surface area contributed by atoms with E-state index in [0.717, 1.165) is 24.1 Å². The first-order valence-corrected chi connectivity index (χ1v) is 12.6. The number of carbonyl (C=O) groups is 1.